The standard InChI is InChI=1S/C18H10BrClN2OS/c19-13-3-1-2-11-15-17(24-16(11)13)14(12(8-21)18(22)23-15)9-4-6-10(20)7-5-9/h1-7,14H,22H2. The molecule has 0 radical (unpaired) electrons. The maximum Gasteiger partial charge on any atom is 0.205 e. The minimum Gasteiger partial charge on any atom is -0.439 e. The normalized spacial score (nSPS) is 16.6. The van der Waals surface area contributed by atoms with E-state index in [1.807, 2.05) is 42.5 Å². The summed E-state index contributed by atoms with van der Waals surface area (Å²) < 4.78 is 7.89. The number of hydrogen-bond acceptors (Lipinski definition) is 4. The summed E-state index contributed by atoms with van der Waals surface area (Å²) in [5, 5.41) is 11.2. The fourth-order valence-corrected chi connectivity index (χ4v) is 4.91. The molecule has 2 aromatic carbocycles. The monoisotopic (exact) mass is 416 g/mol. The van der Waals surface area contributed by atoms with E-state index in [1.165, 1.54) is 0 Å². The van der Waals surface area contributed by atoms with E-state index >= 15 is 0 Å². The Kier molecular flexibility index (Phi) is 3.76. The first kappa shape index (κ1) is 15.5. The van der Waals surface area contributed by atoms with Crippen LogP contribution >= 0.6 is 38.9 Å². The van der Waals surface area contributed by atoms with Crippen LogP contribution < -0.4 is 10.5 Å². The molecule has 1 aromatic heterocycles. The van der Waals surface area contributed by atoms with E-state index in [4.69, 9.17) is 22.1 Å². The van der Waals surface area contributed by atoms with Gasteiger partial charge in [-0.3, -0.25) is 0 Å². The maximum absolute atomic E-state index is 9.60. The lowest BCUT2D eigenvalue weighted by molar-refractivity contribution is 0.401. The molecule has 0 bridgehead atoms. The van der Waals surface area contributed by atoms with Crippen LogP contribution in [0.2, 0.25) is 5.02 Å². The van der Waals surface area contributed by atoms with Crippen molar-refractivity contribution in [3.8, 4) is 11.8 Å². The Morgan fingerprint density at radius 2 is 1.96 bits per heavy atom. The van der Waals surface area contributed by atoms with Crippen LogP contribution in [0.25, 0.3) is 10.1 Å². The minimum absolute atomic E-state index is 0.157. The van der Waals surface area contributed by atoms with Crippen LogP contribution in [0.4, 0.5) is 0 Å². The highest BCUT2D eigenvalue weighted by molar-refractivity contribution is 9.10. The van der Waals surface area contributed by atoms with Crippen molar-refractivity contribution >= 4 is 49.0 Å². The third-order valence-electron chi connectivity index (χ3n) is 4.00. The molecule has 3 nitrogen and oxygen atoms in total. The molecule has 1 atom stereocenters. The van der Waals surface area contributed by atoms with Gasteiger partial charge in [0, 0.05) is 14.9 Å². The lowest BCUT2D eigenvalue weighted by atomic mass is 9.88. The molecule has 0 spiro atoms. The first-order valence-electron chi connectivity index (χ1n) is 7.14. The van der Waals surface area contributed by atoms with Crippen molar-refractivity contribution in [2.45, 2.75) is 5.92 Å². The van der Waals surface area contributed by atoms with E-state index < -0.39 is 0 Å². The number of benzene rings is 2. The maximum atomic E-state index is 9.60. The Labute approximate surface area is 156 Å². The van der Waals surface area contributed by atoms with Gasteiger partial charge in [0.2, 0.25) is 5.88 Å². The Hall–Kier alpha value is -2.00. The molecule has 3 aromatic rings. The molecule has 2 N–H and O–H groups in total. The summed E-state index contributed by atoms with van der Waals surface area (Å²) in [4.78, 5) is 0.977. The van der Waals surface area contributed by atoms with Crippen LogP contribution in [0.3, 0.4) is 0 Å². The van der Waals surface area contributed by atoms with Crippen LogP contribution in [0.1, 0.15) is 16.4 Å². The summed E-state index contributed by atoms with van der Waals surface area (Å²) in [5.74, 6) is 0.637. The molecule has 0 amide bonds. The third-order valence-corrected chi connectivity index (χ3v) is 6.46. The van der Waals surface area contributed by atoms with Crippen molar-refractivity contribution in [3.05, 3.63) is 73.9 Å². The number of thiophene rings is 1. The van der Waals surface area contributed by atoms with Gasteiger partial charge in [0.1, 0.15) is 11.6 Å². The van der Waals surface area contributed by atoms with Crippen molar-refractivity contribution in [3.63, 3.8) is 0 Å². The van der Waals surface area contributed by atoms with Crippen LogP contribution in [0, 0.1) is 11.3 Å². The van der Waals surface area contributed by atoms with Crippen molar-refractivity contribution in [2.75, 3.05) is 0 Å². The van der Waals surface area contributed by atoms with E-state index in [-0.39, 0.29) is 11.8 Å². The molecule has 1 aliphatic heterocycles. The molecule has 0 aliphatic carbocycles. The number of allylic oxidation sites excluding steroid dienone is 1. The molecule has 1 aliphatic rings. The Morgan fingerprint density at radius 1 is 1.21 bits per heavy atom. The molecule has 2 heterocycles. The number of nitrogens with two attached hydrogens (primary N) is 1. The lowest BCUT2D eigenvalue weighted by Gasteiger charge is -2.23. The number of fused-ring (bicyclic) bond motifs is 3. The van der Waals surface area contributed by atoms with E-state index in [0.29, 0.717) is 10.6 Å². The summed E-state index contributed by atoms with van der Waals surface area (Å²) in [6, 6.07) is 15.6. The van der Waals surface area contributed by atoms with Gasteiger partial charge in [-0.25, -0.2) is 0 Å². The molecule has 0 saturated carbocycles. The fourth-order valence-electron chi connectivity index (χ4n) is 2.91. The molecule has 24 heavy (non-hydrogen) atoms. The average Bonchev–Trinajstić information content (AvgIpc) is 2.94. The van der Waals surface area contributed by atoms with E-state index in [9.17, 15) is 5.26 Å². The molecule has 4 rings (SSSR count). The molecule has 0 fully saturated rings. The number of rotatable bonds is 1. The predicted octanol–water partition coefficient (Wildman–Crippen LogP) is 5.54. The second kappa shape index (κ2) is 5.82. The molecule has 6 heteroatoms. The number of ether oxygens (including phenoxy) is 1. The van der Waals surface area contributed by atoms with Crippen molar-refractivity contribution in [1.29, 1.82) is 5.26 Å². The Bertz CT molecular complexity index is 1030. The first-order valence-corrected chi connectivity index (χ1v) is 9.13. The molecule has 1 unspecified atom stereocenters. The Balaban J connectivity index is 2.01. The predicted molar refractivity (Wildman–Crippen MR) is 100 cm³/mol. The second-order valence-electron chi connectivity index (χ2n) is 5.39. The number of nitriles is 1. The highest BCUT2D eigenvalue weighted by Crippen LogP contribution is 2.51. The average molecular weight is 418 g/mol. The second-order valence-corrected chi connectivity index (χ2v) is 7.73. The van der Waals surface area contributed by atoms with Crippen molar-refractivity contribution < 1.29 is 4.74 Å². The van der Waals surface area contributed by atoms with Gasteiger partial charge >= 0.3 is 0 Å². The number of nitrogens with zero attached hydrogens (tertiary/aromatic N) is 1. The Morgan fingerprint density at radius 3 is 2.67 bits per heavy atom. The van der Waals surface area contributed by atoms with Gasteiger partial charge in [0.05, 0.1) is 15.5 Å². The van der Waals surface area contributed by atoms with E-state index in [1.54, 1.807) is 11.3 Å². The SMILES string of the molecule is N#CC1=C(N)Oc2c(sc3c(Br)cccc23)C1c1ccc(Cl)cc1. The van der Waals surface area contributed by atoms with Crippen molar-refractivity contribution in [1.82, 2.24) is 0 Å². The van der Waals surface area contributed by atoms with Crippen LogP contribution in [-0.4, -0.2) is 0 Å². The van der Waals surface area contributed by atoms with Crippen LogP contribution in [0.15, 0.2) is 58.4 Å². The summed E-state index contributed by atoms with van der Waals surface area (Å²) >= 11 is 11.2. The van der Waals surface area contributed by atoms with Gasteiger partial charge in [-0.15, -0.1) is 11.3 Å². The van der Waals surface area contributed by atoms with Crippen LogP contribution in [0.5, 0.6) is 5.75 Å². The van der Waals surface area contributed by atoms with E-state index in [0.717, 1.165) is 30.7 Å². The largest absolute Gasteiger partial charge is 0.439 e. The molecular weight excluding hydrogens is 408 g/mol. The quantitative estimate of drug-likeness (QED) is 0.566. The molecule has 118 valence electrons. The van der Waals surface area contributed by atoms with Gasteiger partial charge in [0.25, 0.3) is 0 Å². The van der Waals surface area contributed by atoms with Gasteiger partial charge in [-0.2, -0.15) is 5.26 Å². The number of halogens is 2. The summed E-state index contributed by atoms with van der Waals surface area (Å²) in [5.41, 5.74) is 7.44. The van der Waals surface area contributed by atoms with Gasteiger partial charge in [-0.05, 0) is 45.8 Å². The summed E-state index contributed by atoms with van der Waals surface area (Å²) in [7, 11) is 0. The highest BCUT2D eigenvalue weighted by atomic mass is 79.9. The zero-order chi connectivity index (χ0) is 16.8. The molecular formula is C18H10BrClN2OS. The zero-order valence-corrected chi connectivity index (χ0v) is 15.4. The molecule has 0 saturated heterocycles. The van der Waals surface area contributed by atoms with Crippen LogP contribution in [-0.2, 0) is 0 Å². The fraction of sp³-hybridized carbons (Fsp3) is 0.0556. The summed E-state index contributed by atoms with van der Waals surface area (Å²) in [6.07, 6.45) is 0. The van der Waals surface area contributed by atoms with E-state index in [2.05, 4.69) is 22.0 Å². The number of hydrogen-bond donors (Lipinski definition) is 1. The van der Waals surface area contributed by atoms with Gasteiger partial charge < -0.3 is 10.5 Å². The minimum atomic E-state index is -0.250. The first-order chi connectivity index (χ1) is 11.6. The summed E-state index contributed by atoms with van der Waals surface area (Å²) in [6.45, 7) is 0. The highest BCUT2D eigenvalue weighted by Gasteiger charge is 2.34. The smallest absolute Gasteiger partial charge is 0.205 e. The van der Waals surface area contributed by atoms with Gasteiger partial charge in [-0.1, -0.05) is 29.8 Å². The lowest BCUT2D eigenvalue weighted by Crippen LogP contribution is -2.19. The third kappa shape index (κ3) is 2.30. The zero-order valence-electron chi connectivity index (χ0n) is 12.2. The van der Waals surface area contributed by atoms with Crippen molar-refractivity contribution in [2.24, 2.45) is 5.73 Å². The van der Waals surface area contributed by atoms with Gasteiger partial charge in [0.15, 0.2) is 5.75 Å². The topological polar surface area (TPSA) is 59.0 Å².